The third-order valence-corrected chi connectivity index (χ3v) is 11.2. The van der Waals surface area contributed by atoms with Crippen LogP contribution in [0.3, 0.4) is 0 Å². The van der Waals surface area contributed by atoms with Crippen LogP contribution < -0.4 is 42.4 Å². The second-order valence-electron chi connectivity index (χ2n) is 10.7. The van der Waals surface area contributed by atoms with Crippen LogP contribution in [0.2, 0.25) is 0 Å². The Kier molecular flexibility index (Phi) is 27.3. The van der Waals surface area contributed by atoms with Crippen LogP contribution >= 0.6 is 0 Å². The van der Waals surface area contributed by atoms with E-state index in [2.05, 4.69) is 71.5 Å². The summed E-state index contributed by atoms with van der Waals surface area (Å²) in [6, 6.07) is 11.3. The fourth-order valence-corrected chi connectivity index (χ4v) is 9.20. The molecule has 1 atom stereocenters. The van der Waals surface area contributed by atoms with E-state index >= 15 is 0 Å². The van der Waals surface area contributed by atoms with Crippen molar-refractivity contribution in [2.75, 3.05) is 0 Å². The molecule has 0 radical (unpaired) electrons. The van der Waals surface area contributed by atoms with Crippen molar-refractivity contribution in [3.05, 3.63) is 50.6 Å². The zero-order valence-electron chi connectivity index (χ0n) is 24.0. The van der Waals surface area contributed by atoms with Crippen molar-refractivity contribution in [3.8, 4) is 0 Å². The van der Waals surface area contributed by atoms with Crippen LogP contribution in [0.5, 0.6) is 0 Å². The van der Waals surface area contributed by atoms with Gasteiger partial charge in [0.1, 0.15) is 0 Å². The summed E-state index contributed by atoms with van der Waals surface area (Å²) in [6.07, 6.45) is 25.9. The molecule has 0 amide bonds. The predicted octanol–water partition coefficient (Wildman–Crippen LogP) is 0.259. The van der Waals surface area contributed by atoms with Gasteiger partial charge in [0, 0.05) is 0 Å². The van der Waals surface area contributed by atoms with Gasteiger partial charge in [-0.2, -0.15) is 0 Å². The van der Waals surface area contributed by atoms with Crippen LogP contribution in [0.4, 0.5) is 0 Å². The fraction of sp³-hybridized carbons (Fsp3) is 0.688. The molecule has 5 heteroatoms. The first-order valence-electron chi connectivity index (χ1n) is 14.9. The van der Waals surface area contributed by atoms with Gasteiger partial charge in [0.25, 0.3) is 0 Å². The van der Waals surface area contributed by atoms with Gasteiger partial charge < -0.3 is 37.2 Å². The standard InChI is InChI=1S/C32H53Si.3ClH.Ti/c1-4-6-7-8-9-10-11-12-13-14-15-16-17-18-19-23-26-31-28(3)27-29(5-2)32(31)33-30-24-21-20-22-25-30;;;;/h20-22,24-25,31H,4-19,23,26,33H2,1-3H3;3*1H;/q;;;;+3/p-3. The van der Waals surface area contributed by atoms with Crippen molar-refractivity contribution >= 4 is 14.7 Å². The molecule has 2 rings (SSSR count). The molecule has 0 aromatic heterocycles. The third-order valence-electron chi connectivity index (χ3n) is 7.96. The molecule has 210 valence electrons. The Hall–Kier alpha value is 0.501. The van der Waals surface area contributed by atoms with E-state index in [1.54, 1.807) is 20.2 Å². The number of allylic oxidation sites excluding steroid dienone is 4. The largest absolute Gasteiger partial charge is 1.00 e. The number of hydrogen-bond donors (Lipinski definition) is 0. The van der Waals surface area contributed by atoms with Gasteiger partial charge in [-0.25, -0.2) is 0 Å². The first-order valence-corrected chi connectivity index (χ1v) is 17.1. The van der Waals surface area contributed by atoms with E-state index in [9.17, 15) is 0 Å². The molecule has 0 fully saturated rings. The second kappa shape index (κ2) is 25.5. The Morgan fingerprint density at radius 3 is 1.51 bits per heavy atom. The summed E-state index contributed by atoms with van der Waals surface area (Å²) in [5, 5.41) is 3.48. The molecule has 0 bridgehead atoms. The van der Waals surface area contributed by atoms with Gasteiger partial charge >= 0.3 is 170 Å². The molecule has 1 unspecified atom stereocenters. The molecule has 1 aliphatic carbocycles. The minimum absolute atomic E-state index is 0. The summed E-state index contributed by atoms with van der Waals surface area (Å²) >= 11 is 2.39. The van der Waals surface area contributed by atoms with E-state index in [0.717, 1.165) is 5.92 Å². The molecule has 37 heavy (non-hydrogen) atoms. The van der Waals surface area contributed by atoms with Gasteiger partial charge in [-0.3, -0.25) is 0 Å². The first kappa shape index (κ1) is 39.6. The molecule has 0 spiro atoms. The van der Waals surface area contributed by atoms with Crippen LogP contribution in [-0.4, -0.2) is 9.52 Å². The maximum absolute atomic E-state index is 2.43. The smallest absolute Gasteiger partial charge is 1.00 e. The molecular formula is C32H53Cl3SiTi. The van der Waals surface area contributed by atoms with E-state index in [-0.39, 0.29) is 46.7 Å². The molecular weight excluding hydrogens is 567 g/mol. The van der Waals surface area contributed by atoms with Crippen LogP contribution in [0.1, 0.15) is 136 Å². The van der Waals surface area contributed by atoms with E-state index in [4.69, 9.17) is 0 Å². The number of hydrogen-bond acceptors (Lipinski definition) is 0. The average Bonchev–Trinajstić information content (AvgIpc) is 3.07. The summed E-state index contributed by atoms with van der Waals surface area (Å²) in [6.45, 7) is 7.09. The molecule has 1 aromatic carbocycles. The fourth-order valence-electron chi connectivity index (χ4n) is 5.78. The zero-order valence-corrected chi connectivity index (χ0v) is 29.3. The van der Waals surface area contributed by atoms with Crippen molar-refractivity contribution in [1.82, 2.24) is 0 Å². The Bertz CT molecular complexity index is 733. The number of rotatable bonds is 20. The average molecular weight is 620 g/mol. The van der Waals surface area contributed by atoms with Crippen LogP contribution in [0.25, 0.3) is 0 Å². The predicted molar refractivity (Wildman–Crippen MR) is 152 cm³/mol. The van der Waals surface area contributed by atoms with E-state index in [0.29, 0.717) is 0 Å². The Labute approximate surface area is 263 Å². The van der Waals surface area contributed by atoms with Crippen molar-refractivity contribution in [2.45, 2.75) is 136 Å². The summed E-state index contributed by atoms with van der Waals surface area (Å²) in [4.78, 5) is 0. The topological polar surface area (TPSA) is 0 Å². The van der Waals surface area contributed by atoms with Crippen molar-refractivity contribution < 1.29 is 57.7 Å². The van der Waals surface area contributed by atoms with Crippen LogP contribution in [-0.2, 0) is 20.4 Å². The minimum Gasteiger partial charge on any atom is -1.00 e. The van der Waals surface area contributed by atoms with Gasteiger partial charge in [0.2, 0.25) is 0 Å². The number of benzene rings is 1. The molecule has 1 aromatic rings. The second-order valence-corrected chi connectivity index (χ2v) is 13.4. The summed E-state index contributed by atoms with van der Waals surface area (Å²) in [7, 11) is -0.334. The van der Waals surface area contributed by atoms with Gasteiger partial charge in [-0.15, -0.1) is 0 Å². The zero-order chi connectivity index (χ0) is 24.4. The molecule has 0 N–H and O–H groups in total. The van der Waals surface area contributed by atoms with Crippen molar-refractivity contribution in [1.29, 1.82) is 0 Å². The van der Waals surface area contributed by atoms with Gasteiger partial charge in [-0.05, 0) is 0 Å². The van der Waals surface area contributed by atoms with Crippen LogP contribution in [0.15, 0.2) is 50.6 Å². The third kappa shape index (κ3) is 15.8. The molecule has 0 heterocycles. The number of unbranched alkanes of at least 4 members (excludes halogenated alkanes) is 15. The molecule has 0 saturated carbocycles. The Balaban J connectivity index is 0. The van der Waals surface area contributed by atoms with E-state index in [1.807, 2.05) is 5.20 Å². The summed E-state index contributed by atoms with van der Waals surface area (Å²) < 4.78 is 1.63. The van der Waals surface area contributed by atoms with Gasteiger partial charge in [0.05, 0.1) is 0 Å². The molecule has 0 nitrogen and oxygen atoms in total. The molecule has 1 aliphatic rings. The molecule has 0 saturated heterocycles. The van der Waals surface area contributed by atoms with Gasteiger partial charge in [-0.1, -0.05) is 58.3 Å². The van der Waals surface area contributed by atoms with Crippen LogP contribution in [0, 0.1) is 5.92 Å². The van der Waals surface area contributed by atoms with Crippen molar-refractivity contribution in [3.63, 3.8) is 0 Å². The summed E-state index contributed by atoms with van der Waals surface area (Å²) in [5.41, 5.74) is 3.41. The SMILES string of the molecule is CCCCCCCCCCCCCCCCCCC1C(C)=[C]([Ti+3])C(CC)=C1[SiH2]c1ccccc1.[Cl-].[Cl-].[Cl-]. The van der Waals surface area contributed by atoms with Crippen molar-refractivity contribution in [2.24, 2.45) is 5.92 Å². The normalized spacial score (nSPS) is 15.2. The van der Waals surface area contributed by atoms with E-state index in [1.165, 1.54) is 116 Å². The van der Waals surface area contributed by atoms with E-state index < -0.39 is 0 Å². The maximum Gasteiger partial charge on any atom is -1.00 e. The Morgan fingerprint density at radius 2 is 1.08 bits per heavy atom. The van der Waals surface area contributed by atoms with Gasteiger partial charge in [0.15, 0.2) is 0 Å². The first-order chi connectivity index (χ1) is 16.7. The summed E-state index contributed by atoms with van der Waals surface area (Å²) in [5.74, 6) is 0.758. The number of halogens is 3. The Morgan fingerprint density at radius 1 is 0.649 bits per heavy atom. The maximum atomic E-state index is 2.43. The monoisotopic (exact) mass is 618 g/mol. The minimum atomic E-state index is -0.334. The molecule has 0 aliphatic heterocycles. The quantitative estimate of drug-likeness (QED) is 0.145.